The molecule has 2 aliphatic rings. The summed E-state index contributed by atoms with van der Waals surface area (Å²) in [7, 11) is -1.12. The van der Waals surface area contributed by atoms with Gasteiger partial charge in [-0.3, -0.25) is 4.90 Å². The van der Waals surface area contributed by atoms with Gasteiger partial charge in [0, 0.05) is 37.8 Å². The number of ether oxygens (including phenoxy) is 2. The number of hydrogen-bond acceptors (Lipinski definition) is 5. The minimum Gasteiger partial charge on any atom is -0.493 e. The molecule has 0 radical (unpaired) electrons. The molecule has 2 fully saturated rings. The van der Waals surface area contributed by atoms with Gasteiger partial charge >= 0.3 is 0 Å². The lowest BCUT2D eigenvalue weighted by Gasteiger charge is -2.36. The smallest absolute Gasteiger partial charge is 0.246 e. The summed E-state index contributed by atoms with van der Waals surface area (Å²) in [4.78, 5) is 1.94. The van der Waals surface area contributed by atoms with Crippen molar-refractivity contribution in [3.63, 3.8) is 0 Å². The Labute approximate surface area is 135 Å². The van der Waals surface area contributed by atoms with Gasteiger partial charge in [-0.1, -0.05) is 0 Å². The normalized spacial score (nSPS) is 22.8. The van der Waals surface area contributed by atoms with E-state index < -0.39 is 15.8 Å². The minimum absolute atomic E-state index is 0.171. The van der Waals surface area contributed by atoms with E-state index in [4.69, 9.17) is 9.47 Å². The molecule has 0 amide bonds. The lowest BCUT2D eigenvalue weighted by molar-refractivity contribution is 0.158. The van der Waals surface area contributed by atoms with Gasteiger partial charge in [-0.05, 0) is 19.4 Å². The molecule has 0 aromatic heterocycles. The molecule has 1 atom stereocenters. The third-order valence-corrected chi connectivity index (χ3v) is 6.49. The van der Waals surface area contributed by atoms with E-state index in [-0.39, 0.29) is 22.4 Å². The van der Waals surface area contributed by atoms with Crippen molar-refractivity contribution in [2.45, 2.75) is 23.8 Å². The van der Waals surface area contributed by atoms with Crippen molar-refractivity contribution in [2.24, 2.45) is 0 Å². The van der Waals surface area contributed by atoms with Crippen LogP contribution in [0.15, 0.2) is 17.0 Å². The highest BCUT2D eigenvalue weighted by Crippen LogP contribution is 2.34. The van der Waals surface area contributed by atoms with Crippen molar-refractivity contribution < 1.29 is 22.3 Å². The summed E-state index contributed by atoms with van der Waals surface area (Å²) in [6.07, 6.45) is 2.07. The van der Waals surface area contributed by atoms with Gasteiger partial charge in [-0.15, -0.1) is 0 Å². The average Bonchev–Trinajstić information content (AvgIpc) is 3.01. The van der Waals surface area contributed by atoms with Crippen LogP contribution in [-0.4, -0.2) is 64.1 Å². The Morgan fingerprint density at radius 2 is 1.83 bits per heavy atom. The van der Waals surface area contributed by atoms with E-state index in [1.54, 1.807) is 0 Å². The molecule has 0 aliphatic carbocycles. The van der Waals surface area contributed by atoms with Crippen molar-refractivity contribution in [1.82, 2.24) is 9.21 Å². The van der Waals surface area contributed by atoms with Crippen LogP contribution in [0.1, 0.15) is 12.8 Å². The predicted molar refractivity (Wildman–Crippen MR) is 82.9 cm³/mol. The fraction of sp³-hybridized carbons (Fsp3) is 0.600. The van der Waals surface area contributed by atoms with E-state index in [1.807, 2.05) is 0 Å². The predicted octanol–water partition coefficient (Wildman–Crippen LogP) is 1.31. The van der Waals surface area contributed by atoms with Crippen LogP contribution in [0.3, 0.4) is 0 Å². The number of sulfonamides is 1. The maximum atomic E-state index is 14.3. The van der Waals surface area contributed by atoms with Crippen LogP contribution in [0.2, 0.25) is 0 Å². The first kappa shape index (κ1) is 16.5. The van der Waals surface area contributed by atoms with Gasteiger partial charge in [-0.2, -0.15) is 4.31 Å². The summed E-state index contributed by atoms with van der Waals surface area (Å²) in [5.41, 5.74) is 0. The molecule has 6 nitrogen and oxygen atoms in total. The Hall–Kier alpha value is -1.38. The topological polar surface area (TPSA) is 59.1 Å². The molecule has 0 bridgehead atoms. The van der Waals surface area contributed by atoms with E-state index in [2.05, 4.69) is 4.90 Å². The Morgan fingerprint density at radius 3 is 2.52 bits per heavy atom. The van der Waals surface area contributed by atoms with Crippen LogP contribution < -0.4 is 9.47 Å². The highest BCUT2D eigenvalue weighted by atomic mass is 32.2. The molecular weight excluding hydrogens is 323 g/mol. The molecule has 23 heavy (non-hydrogen) atoms. The number of piperazine rings is 1. The lowest BCUT2D eigenvalue weighted by Crippen LogP contribution is -2.52. The van der Waals surface area contributed by atoms with Crippen molar-refractivity contribution >= 4 is 10.0 Å². The molecule has 0 saturated carbocycles. The lowest BCUT2D eigenvalue weighted by atomic mass is 10.2. The Bertz CT molecular complexity index is 695. The highest BCUT2D eigenvalue weighted by Gasteiger charge is 2.37. The fourth-order valence-electron chi connectivity index (χ4n) is 3.35. The monoisotopic (exact) mass is 344 g/mol. The zero-order valence-corrected chi connectivity index (χ0v) is 14.1. The van der Waals surface area contributed by atoms with E-state index in [1.165, 1.54) is 24.6 Å². The molecule has 0 spiro atoms. The van der Waals surface area contributed by atoms with Crippen molar-refractivity contribution in [3.05, 3.63) is 17.9 Å². The number of methoxy groups -OCH3 is 2. The Balaban J connectivity index is 1.93. The second-order valence-corrected chi connectivity index (χ2v) is 7.74. The Kier molecular flexibility index (Phi) is 4.48. The number of fused-ring (bicyclic) bond motifs is 1. The molecule has 2 saturated heterocycles. The maximum Gasteiger partial charge on any atom is 0.246 e. The zero-order chi connectivity index (χ0) is 16.6. The van der Waals surface area contributed by atoms with Crippen LogP contribution in [0.5, 0.6) is 11.5 Å². The van der Waals surface area contributed by atoms with E-state index in [0.717, 1.165) is 25.5 Å². The number of benzene rings is 1. The van der Waals surface area contributed by atoms with Crippen LogP contribution >= 0.6 is 0 Å². The second kappa shape index (κ2) is 6.26. The molecular formula is C15H21FN2O4S. The molecule has 2 aliphatic heterocycles. The van der Waals surface area contributed by atoms with Gasteiger partial charge in [0.05, 0.1) is 14.2 Å². The maximum absolute atomic E-state index is 14.3. The molecule has 2 heterocycles. The standard InChI is InChI=1S/C15H21FN2O4S/c1-21-13-8-12(16)15(9-14(13)22-2)23(19,20)18-7-6-17-5-3-4-11(17)10-18/h8-9,11H,3-7,10H2,1-2H3/t11-/m0/s1. The third-order valence-electron chi connectivity index (χ3n) is 4.61. The first-order valence-corrected chi connectivity index (χ1v) is 9.07. The molecule has 0 N–H and O–H groups in total. The highest BCUT2D eigenvalue weighted by molar-refractivity contribution is 7.89. The number of nitrogens with zero attached hydrogens (tertiary/aromatic N) is 2. The van der Waals surface area contributed by atoms with Gasteiger partial charge in [0.15, 0.2) is 11.5 Å². The van der Waals surface area contributed by atoms with Crippen LogP contribution in [0, 0.1) is 5.82 Å². The van der Waals surface area contributed by atoms with Crippen LogP contribution in [0.25, 0.3) is 0 Å². The van der Waals surface area contributed by atoms with Crippen molar-refractivity contribution in [1.29, 1.82) is 0 Å². The average molecular weight is 344 g/mol. The first-order valence-electron chi connectivity index (χ1n) is 7.63. The van der Waals surface area contributed by atoms with E-state index >= 15 is 0 Å². The van der Waals surface area contributed by atoms with Crippen LogP contribution in [0.4, 0.5) is 4.39 Å². The molecule has 0 unspecified atom stereocenters. The summed E-state index contributed by atoms with van der Waals surface area (Å²) in [6.45, 7) is 2.50. The van der Waals surface area contributed by atoms with E-state index in [0.29, 0.717) is 19.6 Å². The fourth-order valence-corrected chi connectivity index (χ4v) is 4.88. The van der Waals surface area contributed by atoms with Gasteiger partial charge in [0.2, 0.25) is 10.0 Å². The largest absolute Gasteiger partial charge is 0.493 e. The quantitative estimate of drug-likeness (QED) is 0.824. The third kappa shape index (κ3) is 2.90. The summed E-state index contributed by atoms with van der Waals surface area (Å²) >= 11 is 0. The van der Waals surface area contributed by atoms with E-state index in [9.17, 15) is 12.8 Å². The van der Waals surface area contributed by atoms with Gasteiger partial charge < -0.3 is 9.47 Å². The summed E-state index contributed by atoms with van der Waals surface area (Å²) in [6, 6.07) is 2.49. The SMILES string of the molecule is COc1cc(F)c(S(=O)(=O)N2CCN3CCC[C@H]3C2)cc1OC. The molecule has 1 aromatic rings. The van der Waals surface area contributed by atoms with Crippen LogP contribution in [-0.2, 0) is 10.0 Å². The van der Waals surface area contributed by atoms with Gasteiger partial charge in [-0.25, -0.2) is 12.8 Å². The van der Waals surface area contributed by atoms with Crippen molar-refractivity contribution in [2.75, 3.05) is 40.4 Å². The summed E-state index contributed by atoms with van der Waals surface area (Å²) in [5, 5.41) is 0. The first-order chi connectivity index (χ1) is 11.0. The van der Waals surface area contributed by atoms with Gasteiger partial charge in [0.1, 0.15) is 10.7 Å². The number of hydrogen-bond donors (Lipinski definition) is 0. The number of rotatable bonds is 4. The summed E-state index contributed by atoms with van der Waals surface area (Å²) < 4.78 is 51.5. The molecule has 3 rings (SSSR count). The molecule has 1 aromatic carbocycles. The Morgan fingerprint density at radius 1 is 1.13 bits per heavy atom. The molecule has 128 valence electrons. The minimum atomic E-state index is -3.89. The molecule has 8 heteroatoms. The summed E-state index contributed by atoms with van der Waals surface area (Å²) in [5.74, 6) is -0.451. The van der Waals surface area contributed by atoms with Gasteiger partial charge in [0.25, 0.3) is 0 Å². The zero-order valence-electron chi connectivity index (χ0n) is 13.3. The second-order valence-electron chi connectivity index (χ2n) is 5.83. The van der Waals surface area contributed by atoms with Crippen molar-refractivity contribution in [3.8, 4) is 11.5 Å². The number of halogens is 1.